The van der Waals surface area contributed by atoms with Gasteiger partial charge < -0.3 is 5.32 Å². The van der Waals surface area contributed by atoms with E-state index in [-0.39, 0.29) is 30.6 Å². The van der Waals surface area contributed by atoms with Crippen LogP contribution in [0.25, 0.3) is 0 Å². The second-order valence-corrected chi connectivity index (χ2v) is 7.63. The van der Waals surface area contributed by atoms with Crippen LogP contribution in [-0.2, 0) is 10.2 Å². The Morgan fingerprint density at radius 3 is 2.69 bits per heavy atom. The normalized spacial score (nSPS) is 18.2. The first-order chi connectivity index (χ1) is 12.6. The molecule has 1 N–H and O–H groups in total. The molecule has 0 unspecified atom stereocenters. The number of nitrogens with zero attached hydrogens (tertiary/aromatic N) is 2. The lowest BCUT2D eigenvalue weighted by Gasteiger charge is -2.27. The van der Waals surface area contributed by atoms with Gasteiger partial charge in [-0.1, -0.05) is 18.9 Å². The Hall–Kier alpha value is -2.54. The smallest absolute Gasteiger partial charge is 0.280 e. The molecular weight excluding hydrogens is 350 g/mol. The van der Waals surface area contributed by atoms with E-state index in [2.05, 4.69) is 10.3 Å². The number of thiophene rings is 1. The molecule has 3 amide bonds. The highest BCUT2D eigenvalue weighted by molar-refractivity contribution is 7.10. The van der Waals surface area contributed by atoms with E-state index in [0.717, 1.165) is 35.5 Å². The third kappa shape index (κ3) is 2.63. The summed E-state index contributed by atoms with van der Waals surface area (Å²) in [6.45, 7) is 0.401. The van der Waals surface area contributed by atoms with Gasteiger partial charge in [0.2, 0.25) is 5.91 Å². The van der Waals surface area contributed by atoms with E-state index in [1.807, 2.05) is 17.5 Å². The molecule has 0 spiro atoms. The van der Waals surface area contributed by atoms with Gasteiger partial charge in [-0.05, 0) is 36.4 Å². The van der Waals surface area contributed by atoms with Gasteiger partial charge in [0, 0.05) is 24.2 Å². The highest BCUT2D eigenvalue weighted by atomic mass is 32.1. The first kappa shape index (κ1) is 16.9. The fraction of sp³-hybridized carbons (Fsp3) is 0.368. The highest BCUT2D eigenvalue weighted by Crippen LogP contribution is 2.43. The molecule has 134 valence electrons. The summed E-state index contributed by atoms with van der Waals surface area (Å²) >= 11 is 1.61. The van der Waals surface area contributed by atoms with E-state index < -0.39 is 11.3 Å². The summed E-state index contributed by atoms with van der Waals surface area (Å²) in [6.07, 6.45) is 5.26. The molecule has 6 nitrogen and oxygen atoms in total. The maximum absolute atomic E-state index is 12.9. The third-order valence-corrected chi connectivity index (χ3v) is 6.31. The van der Waals surface area contributed by atoms with Crippen LogP contribution in [0.15, 0.2) is 35.8 Å². The molecule has 0 aromatic carbocycles. The SMILES string of the molecule is O=C1c2cccnc2C(=O)N1CCNC(=O)C1(c2cccs2)CCCC1. The fourth-order valence-electron chi connectivity index (χ4n) is 3.88. The first-order valence-electron chi connectivity index (χ1n) is 8.77. The van der Waals surface area contributed by atoms with Crippen molar-refractivity contribution in [2.75, 3.05) is 13.1 Å². The van der Waals surface area contributed by atoms with Crippen LogP contribution < -0.4 is 5.32 Å². The molecule has 2 aromatic rings. The molecule has 4 rings (SSSR count). The Labute approximate surface area is 155 Å². The predicted molar refractivity (Wildman–Crippen MR) is 97.1 cm³/mol. The molecular formula is C19H19N3O3S. The lowest BCUT2D eigenvalue weighted by Crippen LogP contribution is -2.45. The van der Waals surface area contributed by atoms with Crippen LogP contribution in [0.4, 0.5) is 0 Å². The zero-order chi connectivity index (χ0) is 18.1. The summed E-state index contributed by atoms with van der Waals surface area (Å²) < 4.78 is 0. The Kier molecular flexibility index (Phi) is 4.32. The van der Waals surface area contributed by atoms with Crippen molar-refractivity contribution in [3.05, 3.63) is 52.0 Å². The topological polar surface area (TPSA) is 79.4 Å². The largest absolute Gasteiger partial charge is 0.354 e. The molecule has 0 radical (unpaired) electrons. The fourth-order valence-corrected chi connectivity index (χ4v) is 4.87. The van der Waals surface area contributed by atoms with Crippen LogP contribution in [0.1, 0.15) is 51.4 Å². The van der Waals surface area contributed by atoms with Crippen molar-refractivity contribution in [1.29, 1.82) is 0 Å². The van der Waals surface area contributed by atoms with Crippen molar-refractivity contribution in [2.24, 2.45) is 0 Å². The minimum absolute atomic E-state index is 0.00724. The third-order valence-electron chi connectivity index (χ3n) is 5.24. The van der Waals surface area contributed by atoms with Gasteiger partial charge in [-0.15, -0.1) is 11.3 Å². The van der Waals surface area contributed by atoms with Crippen LogP contribution in [0.2, 0.25) is 0 Å². The summed E-state index contributed by atoms with van der Waals surface area (Å²) in [5.74, 6) is -0.748. The quantitative estimate of drug-likeness (QED) is 0.821. The van der Waals surface area contributed by atoms with E-state index >= 15 is 0 Å². The van der Waals surface area contributed by atoms with E-state index in [1.54, 1.807) is 23.5 Å². The predicted octanol–water partition coefficient (Wildman–Crippen LogP) is 2.37. The zero-order valence-electron chi connectivity index (χ0n) is 14.2. The van der Waals surface area contributed by atoms with E-state index in [0.29, 0.717) is 5.56 Å². The monoisotopic (exact) mass is 369 g/mol. The maximum Gasteiger partial charge on any atom is 0.280 e. The molecule has 1 fully saturated rings. The number of amides is 3. The van der Waals surface area contributed by atoms with Crippen molar-refractivity contribution in [3.8, 4) is 0 Å². The number of pyridine rings is 1. The lowest BCUT2D eigenvalue weighted by atomic mass is 9.83. The Balaban J connectivity index is 1.42. The molecule has 1 aliphatic heterocycles. The van der Waals surface area contributed by atoms with Crippen LogP contribution in [-0.4, -0.2) is 40.7 Å². The van der Waals surface area contributed by atoms with Gasteiger partial charge in [0.1, 0.15) is 5.69 Å². The molecule has 26 heavy (non-hydrogen) atoms. The molecule has 7 heteroatoms. The average Bonchev–Trinajstić information content (AvgIpc) is 3.39. The van der Waals surface area contributed by atoms with Gasteiger partial charge in [-0.2, -0.15) is 0 Å². The molecule has 0 bridgehead atoms. The molecule has 0 atom stereocenters. The summed E-state index contributed by atoms with van der Waals surface area (Å²) in [4.78, 5) is 43.8. The van der Waals surface area contributed by atoms with Gasteiger partial charge in [0.05, 0.1) is 11.0 Å². The van der Waals surface area contributed by atoms with Crippen LogP contribution in [0.5, 0.6) is 0 Å². The Morgan fingerprint density at radius 1 is 1.19 bits per heavy atom. The van der Waals surface area contributed by atoms with Gasteiger partial charge in [-0.25, -0.2) is 0 Å². The number of nitrogens with one attached hydrogen (secondary N) is 1. The van der Waals surface area contributed by atoms with Gasteiger partial charge in [0.25, 0.3) is 11.8 Å². The molecule has 2 aliphatic rings. The molecule has 1 aliphatic carbocycles. The average molecular weight is 369 g/mol. The number of hydrogen-bond donors (Lipinski definition) is 1. The summed E-state index contributed by atoms with van der Waals surface area (Å²) in [5.41, 5.74) is 0.0573. The Morgan fingerprint density at radius 2 is 2.00 bits per heavy atom. The van der Waals surface area contributed by atoms with Gasteiger partial charge in [-0.3, -0.25) is 24.3 Å². The molecule has 3 heterocycles. The van der Waals surface area contributed by atoms with Crippen molar-refractivity contribution in [1.82, 2.24) is 15.2 Å². The maximum atomic E-state index is 12.9. The van der Waals surface area contributed by atoms with Crippen molar-refractivity contribution in [2.45, 2.75) is 31.1 Å². The highest BCUT2D eigenvalue weighted by Gasteiger charge is 2.43. The standard InChI is InChI=1S/C19H19N3O3S/c23-16-13-5-3-9-20-15(13)17(24)22(16)11-10-21-18(25)19(7-1-2-8-19)14-6-4-12-26-14/h3-6,9,12H,1-2,7-8,10-11H2,(H,21,25). The van der Waals surface area contributed by atoms with E-state index in [9.17, 15) is 14.4 Å². The minimum Gasteiger partial charge on any atom is -0.354 e. The Bertz CT molecular complexity index is 822. The first-order valence-corrected chi connectivity index (χ1v) is 9.65. The summed E-state index contributed by atoms with van der Waals surface area (Å²) in [6, 6.07) is 7.23. The number of hydrogen-bond acceptors (Lipinski definition) is 5. The number of fused-ring (bicyclic) bond motifs is 1. The van der Waals surface area contributed by atoms with Crippen molar-refractivity contribution >= 4 is 29.1 Å². The second-order valence-electron chi connectivity index (χ2n) is 6.68. The van der Waals surface area contributed by atoms with E-state index in [1.165, 1.54) is 6.20 Å². The molecule has 1 saturated carbocycles. The summed E-state index contributed by atoms with van der Waals surface area (Å²) in [5, 5.41) is 4.94. The van der Waals surface area contributed by atoms with Crippen molar-refractivity contribution in [3.63, 3.8) is 0 Å². The molecule has 0 saturated heterocycles. The number of aromatic nitrogens is 1. The van der Waals surface area contributed by atoms with Gasteiger partial charge in [0.15, 0.2) is 0 Å². The number of rotatable bonds is 5. The number of carbonyl (C=O) groups is 3. The van der Waals surface area contributed by atoms with Crippen LogP contribution in [0, 0.1) is 0 Å². The van der Waals surface area contributed by atoms with Gasteiger partial charge >= 0.3 is 0 Å². The number of imide groups is 1. The second kappa shape index (κ2) is 6.64. The summed E-state index contributed by atoms with van der Waals surface area (Å²) in [7, 11) is 0. The van der Waals surface area contributed by atoms with E-state index in [4.69, 9.17) is 0 Å². The van der Waals surface area contributed by atoms with Crippen LogP contribution >= 0.6 is 11.3 Å². The molecule has 2 aromatic heterocycles. The van der Waals surface area contributed by atoms with Crippen LogP contribution in [0.3, 0.4) is 0 Å². The lowest BCUT2D eigenvalue weighted by molar-refractivity contribution is -0.126. The minimum atomic E-state index is -0.461. The van der Waals surface area contributed by atoms with Crippen molar-refractivity contribution < 1.29 is 14.4 Å². The number of carbonyl (C=O) groups excluding carboxylic acids is 3. The zero-order valence-corrected chi connectivity index (χ0v) is 15.1.